The Hall–Kier alpha value is -0.603. The van der Waals surface area contributed by atoms with Crippen molar-refractivity contribution in [2.24, 2.45) is 0 Å². The number of ether oxygens (including phenoxy) is 2. The first kappa shape index (κ1) is 17.4. The lowest BCUT2D eigenvalue weighted by molar-refractivity contribution is -0.190. The van der Waals surface area contributed by atoms with Gasteiger partial charge >= 0.3 is 0 Å². The van der Waals surface area contributed by atoms with Gasteiger partial charge in [0.1, 0.15) is 8.07 Å². The molecule has 0 amide bonds. The van der Waals surface area contributed by atoms with E-state index >= 15 is 0 Å². The van der Waals surface area contributed by atoms with Crippen LogP contribution in [0.15, 0.2) is 12.7 Å². The van der Waals surface area contributed by atoms with Crippen molar-refractivity contribution in [1.82, 2.24) is 0 Å². The van der Waals surface area contributed by atoms with E-state index in [2.05, 4.69) is 37.7 Å². The van der Waals surface area contributed by atoms with E-state index < -0.39 is 14.2 Å². The molecule has 0 aromatic carbocycles. The Morgan fingerprint density at radius 2 is 2.20 bits per heavy atom. The van der Waals surface area contributed by atoms with Crippen molar-refractivity contribution < 1.29 is 14.6 Å². The highest BCUT2D eigenvalue weighted by atomic mass is 28.3. The predicted octanol–water partition coefficient (Wildman–Crippen LogP) is 3.11. The third kappa shape index (κ3) is 7.86. The number of aliphatic hydroxyl groups is 1. The van der Waals surface area contributed by atoms with Crippen LogP contribution in [0.1, 0.15) is 32.1 Å². The van der Waals surface area contributed by atoms with Crippen LogP contribution in [-0.4, -0.2) is 38.3 Å². The fraction of sp³-hybridized carbons (Fsp3) is 0.750. The molecule has 3 atom stereocenters. The maximum Gasteiger partial charge on any atom is 0.157 e. The highest BCUT2D eigenvalue weighted by molar-refractivity contribution is 6.83. The van der Waals surface area contributed by atoms with E-state index in [0.717, 1.165) is 25.9 Å². The van der Waals surface area contributed by atoms with Crippen molar-refractivity contribution in [3.05, 3.63) is 12.7 Å². The third-order valence-electron chi connectivity index (χ3n) is 3.05. The molecule has 0 spiro atoms. The SMILES string of the molecule is C=C[C@H](O)C[C@@H](CC#C[Si](C)(C)C)OC1CCCCO1. The Balaban J connectivity index is 2.53. The standard InChI is InChI=1S/C16H28O3Si/c1-5-14(17)13-15(9-8-12-20(2,3)4)19-16-10-6-7-11-18-16/h5,14-17H,1,6-7,9-11,13H2,2-4H3/t14-,15+,16?/m0/s1. The van der Waals surface area contributed by atoms with Crippen LogP contribution in [0.25, 0.3) is 0 Å². The normalized spacial score (nSPS) is 22.5. The topological polar surface area (TPSA) is 38.7 Å². The molecule has 4 heteroatoms. The van der Waals surface area contributed by atoms with Crippen LogP contribution in [0.5, 0.6) is 0 Å². The molecular weight excluding hydrogens is 268 g/mol. The van der Waals surface area contributed by atoms with Gasteiger partial charge in [0.15, 0.2) is 6.29 Å². The Morgan fingerprint density at radius 1 is 1.45 bits per heavy atom. The van der Waals surface area contributed by atoms with Crippen molar-refractivity contribution in [1.29, 1.82) is 0 Å². The van der Waals surface area contributed by atoms with Gasteiger partial charge in [0, 0.05) is 19.4 Å². The fourth-order valence-corrected chi connectivity index (χ4v) is 2.65. The van der Waals surface area contributed by atoms with E-state index in [1.54, 1.807) is 6.08 Å². The number of hydrogen-bond acceptors (Lipinski definition) is 3. The van der Waals surface area contributed by atoms with E-state index in [1.807, 2.05) is 0 Å². The van der Waals surface area contributed by atoms with E-state index in [4.69, 9.17) is 9.47 Å². The van der Waals surface area contributed by atoms with Crippen molar-refractivity contribution in [3.8, 4) is 11.5 Å². The van der Waals surface area contributed by atoms with Gasteiger partial charge in [-0.15, -0.1) is 18.0 Å². The summed E-state index contributed by atoms with van der Waals surface area (Å²) in [7, 11) is -1.36. The summed E-state index contributed by atoms with van der Waals surface area (Å²) >= 11 is 0. The zero-order chi connectivity index (χ0) is 15.0. The smallest absolute Gasteiger partial charge is 0.157 e. The third-order valence-corrected chi connectivity index (χ3v) is 3.98. The zero-order valence-electron chi connectivity index (χ0n) is 13.0. The predicted molar refractivity (Wildman–Crippen MR) is 85.0 cm³/mol. The molecule has 1 rings (SSSR count). The molecule has 1 unspecified atom stereocenters. The van der Waals surface area contributed by atoms with E-state index in [-0.39, 0.29) is 12.4 Å². The lowest BCUT2D eigenvalue weighted by Crippen LogP contribution is -2.30. The first-order valence-electron chi connectivity index (χ1n) is 7.48. The molecule has 0 radical (unpaired) electrons. The van der Waals surface area contributed by atoms with Gasteiger partial charge in [0.05, 0.1) is 12.2 Å². The summed E-state index contributed by atoms with van der Waals surface area (Å²) in [6, 6.07) is 0. The Bertz CT molecular complexity index is 345. The van der Waals surface area contributed by atoms with E-state index in [0.29, 0.717) is 12.8 Å². The van der Waals surface area contributed by atoms with Crippen LogP contribution in [0, 0.1) is 11.5 Å². The monoisotopic (exact) mass is 296 g/mol. The molecule has 114 valence electrons. The molecule has 20 heavy (non-hydrogen) atoms. The summed E-state index contributed by atoms with van der Waals surface area (Å²) in [5.41, 5.74) is 3.34. The number of aliphatic hydroxyl groups excluding tert-OH is 1. The second kappa shape index (κ2) is 8.63. The highest BCUT2D eigenvalue weighted by Crippen LogP contribution is 2.19. The quantitative estimate of drug-likeness (QED) is 0.465. The van der Waals surface area contributed by atoms with Gasteiger partial charge in [-0.25, -0.2) is 0 Å². The van der Waals surface area contributed by atoms with Gasteiger partial charge in [-0.1, -0.05) is 25.7 Å². The van der Waals surface area contributed by atoms with Gasteiger partial charge in [0.2, 0.25) is 0 Å². The van der Waals surface area contributed by atoms with Crippen LogP contribution >= 0.6 is 0 Å². The van der Waals surface area contributed by atoms with Crippen LogP contribution < -0.4 is 0 Å². The minimum absolute atomic E-state index is 0.0880. The van der Waals surface area contributed by atoms with E-state index in [9.17, 15) is 5.11 Å². The maximum absolute atomic E-state index is 9.74. The van der Waals surface area contributed by atoms with Crippen LogP contribution in [0.3, 0.4) is 0 Å². The summed E-state index contributed by atoms with van der Waals surface area (Å²) in [5.74, 6) is 3.23. The molecule has 1 aliphatic rings. The first-order valence-corrected chi connectivity index (χ1v) is 11.0. The molecule has 0 aromatic rings. The van der Waals surface area contributed by atoms with Gasteiger partial charge in [0.25, 0.3) is 0 Å². The lowest BCUT2D eigenvalue weighted by Gasteiger charge is -2.27. The molecule has 1 aliphatic heterocycles. The van der Waals surface area contributed by atoms with Crippen molar-refractivity contribution in [2.75, 3.05) is 6.61 Å². The average Bonchev–Trinajstić information content (AvgIpc) is 2.38. The molecule has 0 aliphatic carbocycles. The molecule has 0 bridgehead atoms. The molecule has 3 nitrogen and oxygen atoms in total. The average molecular weight is 296 g/mol. The second-order valence-electron chi connectivity index (χ2n) is 6.35. The molecule has 0 aromatic heterocycles. The van der Waals surface area contributed by atoms with Gasteiger partial charge in [-0.05, 0) is 19.3 Å². The minimum atomic E-state index is -1.36. The van der Waals surface area contributed by atoms with E-state index in [1.165, 1.54) is 0 Å². The Kier molecular flexibility index (Phi) is 7.53. The van der Waals surface area contributed by atoms with Gasteiger partial charge in [-0.2, -0.15) is 0 Å². The highest BCUT2D eigenvalue weighted by Gasteiger charge is 2.21. The zero-order valence-corrected chi connectivity index (χ0v) is 14.0. The summed E-state index contributed by atoms with van der Waals surface area (Å²) in [6.07, 6.45) is 5.13. The molecule has 1 saturated heterocycles. The summed E-state index contributed by atoms with van der Waals surface area (Å²) < 4.78 is 11.6. The Labute approximate surface area is 124 Å². The fourth-order valence-electron chi connectivity index (χ4n) is 2.02. The summed E-state index contributed by atoms with van der Waals surface area (Å²) in [6.45, 7) is 11.0. The lowest BCUT2D eigenvalue weighted by atomic mass is 10.1. The number of rotatable bonds is 6. The van der Waals surface area contributed by atoms with Crippen molar-refractivity contribution in [3.63, 3.8) is 0 Å². The summed E-state index contributed by atoms with van der Waals surface area (Å²) in [4.78, 5) is 0. The molecular formula is C16H28O3Si. The van der Waals surface area contributed by atoms with Gasteiger partial charge < -0.3 is 14.6 Å². The summed E-state index contributed by atoms with van der Waals surface area (Å²) in [5, 5.41) is 9.74. The van der Waals surface area contributed by atoms with Crippen LogP contribution in [0.2, 0.25) is 19.6 Å². The first-order chi connectivity index (χ1) is 9.40. The largest absolute Gasteiger partial charge is 0.389 e. The molecule has 1 fully saturated rings. The van der Waals surface area contributed by atoms with Gasteiger partial charge in [-0.3, -0.25) is 0 Å². The van der Waals surface area contributed by atoms with Crippen LogP contribution in [0.4, 0.5) is 0 Å². The minimum Gasteiger partial charge on any atom is -0.389 e. The number of hydrogen-bond donors (Lipinski definition) is 1. The molecule has 0 saturated carbocycles. The van der Waals surface area contributed by atoms with Crippen molar-refractivity contribution >= 4 is 8.07 Å². The second-order valence-corrected chi connectivity index (χ2v) is 11.1. The Morgan fingerprint density at radius 3 is 2.75 bits per heavy atom. The van der Waals surface area contributed by atoms with Crippen molar-refractivity contribution in [2.45, 2.75) is 70.2 Å². The maximum atomic E-state index is 9.74. The van der Waals surface area contributed by atoms with Crippen LogP contribution in [-0.2, 0) is 9.47 Å². The molecule has 1 N–H and O–H groups in total. The molecule has 1 heterocycles.